The van der Waals surface area contributed by atoms with Crippen molar-refractivity contribution in [1.29, 1.82) is 0 Å². The van der Waals surface area contributed by atoms with E-state index in [2.05, 4.69) is 10.6 Å². The second-order valence-corrected chi connectivity index (χ2v) is 4.32. The first-order valence-electron chi connectivity index (χ1n) is 4.67. The number of carbonyl (C=O) groups is 3. The van der Waals surface area contributed by atoms with Crippen LogP contribution in [0.1, 0.15) is 0 Å². The zero-order valence-electron chi connectivity index (χ0n) is 8.52. The number of thioether (sulfide) groups is 1. The summed E-state index contributed by atoms with van der Waals surface area (Å²) in [5.74, 6) is -2.43. The topological polar surface area (TPSA) is 95.5 Å². The van der Waals surface area contributed by atoms with Crippen molar-refractivity contribution in [2.24, 2.45) is 0 Å². The maximum absolute atomic E-state index is 11.2. The molecule has 1 aromatic carbocycles. The lowest BCUT2D eigenvalue weighted by atomic mass is 10.2. The number of carboxylic acid groups (broad SMARTS) is 1. The van der Waals surface area contributed by atoms with Gasteiger partial charge in [-0.25, -0.2) is 4.79 Å². The quantitative estimate of drug-likeness (QED) is 0.641. The fourth-order valence-corrected chi connectivity index (χ4v) is 2.13. The van der Waals surface area contributed by atoms with Gasteiger partial charge < -0.3 is 15.7 Å². The Morgan fingerprint density at radius 3 is 2.88 bits per heavy atom. The highest BCUT2D eigenvalue weighted by Crippen LogP contribution is 2.33. The number of aliphatic carboxylic acids is 1. The van der Waals surface area contributed by atoms with Crippen molar-refractivity contribution in [3.05, 3.63) is 18.2 Å². The van der Waals surface area contributed by atoms with Crippen molar-refractivity contribution in [1.82, 2.24) is 0 Å². The predicted octanol–water partition coefficient (Wildman–Crippen LogP) is 0.754. The van der Waals surface area contributed by atoms with Gasteiger partial charge in [0.05, 0.1) is 11.4 Å². The highest BCUT2D eigenvalue weighted by Gasteiger charge is 2.17. The monoisotopic (exact) mass is 252 g/mol. The van der Waals surface area contributed by atoms with Crippen molar-refractivity contribution in [2.45, 2.75) is 4.90 Å². The van der Waals surface area contributed by atoms with Gasteiger partial charge in [-0.2, -0.15) is 0 Å². The third-order valence-corrected chi connectivity index (χ3v) is 3.14. The Morgan fingerprint density at radius 1 is 1.41 bits per heavy atom. The van der Waals surface area contributed by atoms with Gasteiger partial charge in [-0.15, -0.1) is 11.8 Å². The van der Waals surface area contributed by atoms with E-state index < -0.39 is 11.9 Å². The molecule has 0 atom stereocenters. The number of hydrogen-bond acceptors (Lipinski definition) is 4. The van der Waals surface area contributed by atoms with Crippen molar-refractivity contribution in [2.75, 3.05) is 16.4 Å². The number of fused-ring (bicyclic) bond motifs is 1. The molecule has 88 valence electrons. The van der Waals surface area contributed by atoms with Crippen LogP contribution in [0.15, 0.2) is 23.1 Å². The Hall–Kier alpha value is -2.02. The van der Waals surface area contributed by atoms with Crippen molar-refractivity contribution >= 4 is 40.9 Å². The summed E-state index contributed by atoms with van der Waals surface area (Å²) in [5, 5.41) is 13.3. The minimum Gasteiger partial charge on any atom is -0.474 e. The van der Waals surface area contributed by atoms with Crippen LogP contribution >= 0.6 is 11.8 Å². The van der Waals surface area contributed by atoms with E-state index in [1.165, 1.54) is 17.8 Å². The highest BCUT2D eigenvalue weighted by atomic mass is 32.2. The first-order valence-corrected chi connectivity index (χ1v) is 5.66. The summed E-state index contributed by atoms with van der Waals surface area (Å²) in [5.41, 5.74) is 0.911. The van der Waals surface area contributed by atoms with Gasteiger partial charge >= 0.3 is 11.9 Å². The lowest BCUT2D eigenvalue weighted by Gasteiger charge is -2.16. The third-order valence-electron chi connectivity index (χ3n) is 2.06. The van der Waals surface area contributed by atoms with E-state index in [-0.39, 0.29) is 5.91 Å². The van der Waals surface area contributed by atoms with E-state index in [9.17, 15) is 14.4 Å². The molecular formula is C10H8N2O4S. The molecule has 7 heteroatoms. The van der Waals surface area contributed by atoms with Gasteiger partial charge in [-0.1, -0.05) is 0 Å². The molecule has 0 fully saturated rings. The smallest absolute Gasteiger partial charge is 0.394 e. The molecule has 1 aliphatic rings. The first kappa shape index (κ1) is 11.5. The number of hydrogen-bond donors (Lipinski definition) is 3. The average molecular weight is 252 g/mol. The highest BCUT2D eigenvalue weighted by molar-refractivity contribution is 8.00. The van der Waals surface area contributed by atoms with Crippen LogP contribution in [0.3, 0.4) is 0 Å². The van der Waals surface area contributed by atoms with Crippen LogP contribution in [-0.2, 0) is 14.4 Å². The predicted molar refractivity (Wildman–Crippen MR) is 62.1 cm³/mol. The average Bonchev–Trinajstić information content (AvgIpc) is 2.28. The SMILES string of the molecule is O=C1CSc2ccc(NC(=O)C(=O)O)cc2N1. The van der Waals surface area contributed by atoms with Crippen LogP contribution in [0, 0.1) is 0 Å². The Balaban J connectivity index is 2.21. The molecule has 2 amide bonds. The van der Waals surface area contributed by atoms with Gasteiger partial charge in [0.2, 0.25) is 5.91 Å². The molecule has 3 N–H and O–H groups in total. The second-order valence-electron chi connectivity index (χ2n) is 3.31. The third kappa shape index (κ3) is 2.56. The number of anilines is 2. The van der Waals surface area contributed by atoms with Crippen molar-refractivity contribution in [3.8, 4) is 0 Å². The molecule has 0 spiro atoms. The maximum atomic E-state index is 11.2. The largest absolute Gasteiger partial charge is 0.474 e. The molecule has 0 saturated heterocycles. The zero-order valence-corrected chi connectivity index (χ0v) is 9.34. The van der Waals surface area contributed by atoms with Crippen molar-refractivity contribution < 1.29 is 19.5 Å². The molecule has 1 heterocycles. The van der Waals surface area contributed by atoms with E-state index in [0.717, 1.165) is 4.90 Å². The molecule has 0 radical (unpaired) electrons. The summed E-state index contributed by atoms with van der Waals surface area (Å²) in [6.45, 7) is 0. The zero-order chi connectivity index (χ0) is 12.4. The van der Waals surface area contributed by atoms with Crippen LogP contribution in [-0.4, -0.2) is 28.6 Å². The number of carbonyl (C=O) groups excluding carboxylic acids is 2. The van der Waals surface area contributed by atoms with E-state index in [0.29, 0.717) is 17.1 Å². The van der Waals surface area contributed by atoms with E-state index in [1.54, 1.807) is 12.1 Å². The van der Waals surface area contributed by atoms with Gasteiger partial charge in [0, 0.05) is 10.6 Å². The Labute approximate surface area is 100 Å². The molecular weight excluding hydrogens is 244 g/mol. The molecule has 0 saturated carbocycles. The minimum absolute atomic E-state index is 0.121. The van der Waals surface area contributed by atoms with Gasteiger partial charge in [-0.3, -0.25) is 9.59 Å². The molecule has 6 nitrogen and oxygen atoms in total. The summed E-state index contributed by atoms with van der Waals surface area (Å²) in [7, 11) is 0. The fourth-order valence-electron chi connectivity index (χ4n) is 1.35. The molecule has 1 aromatic rings. The number of amides is 2. The summed E-state index contributed by atoms with van der Waals surface area (Å²) >= 11 is 1.39. The first-order chi connectivity index (χ1) is 8.06. The number of rotatable bonds is 1. The number of carboxylic acids is 1. The lowest BCUT2D eigenvalue weighted by molar-refractivity contribution is -0.147. The Morgan fingerprint density at radius 2 is 2.18 bits per heavy atom. The standard InChI is InChI=1S/C10H8N2O4S/c13-8-4-17-7-2-1-5(3-6(7)12-8)11-9(14)10(15)16/h1-3H,4H2,(H,11,14)(H,12,13)(H,15,16). The minimum atomic E-state index is -1.55. The van der Waals surface area contributed by atoms with E-state index >= 15 is 0 Å². The van der Waals surface area contributed by atoms with E-state index in [1.807, 2.05) is 0 Å². The Kier molecular flexibility index (Phi) is 3.01. The number of nitrogens with one attached hydrogen (secondary N) is 2. The van der Waals surface area contributed by atoms with Crippen LogP contribution in [0.2, 0.25) is 0 Å². The maximum Gasteiger partial charge on any atom is 0.394 e. The van der Waals surface area contributed by atoms with Gasteiger partial charge in [0.25, 0.3) is 0 Å². The lowest BCUT2D eigenvalue weighted by Crippen LogP contribution is -2.22. The Bertz CT molecular complexity index is 515. The van der Waals surface area contributed by atoms with Crippen molar-refractivity contribution in [3.63, 3.8) is 0 Å². The van der Waals surface area contributed by atoms with Crippen LogP contribution in [0.5, 0.6) is 0 Å². The number of benzene rings is 1. The van der Waals surface area contributed by atoms with Gasteiger partial charge in [0.15, 0.2) is 0 Å². The molecule has 17 heavy (non-hydrogen) atoms. The van der Waals surface area contributed by atoms with Gasteiger partial charge in [-0.05, 0) is 18.2 Å². The molecule has 0 aliphatic carbocycles. The molecule has 0 unspecified atom stereocenters. The summed E-state index contributed by atoms with van der Waals surface area (Å²) < 4.78 is 0. The molecule has 0 aromatic heterocycles. The summed E-state index contributed by atoms with van der Waals surface area (Å²) in [6, 6.07) is 4.83. The van der Waals surface area contributed by atoms with Crippen LogP contribution in [0.25, 0.3) is 0 Å². The summed E-state index contributed by atoms with van der Waals surface area (Å²) in [4.78, 5) is 33.3. The molecule has 1 aliphatic heterocycles. The van der Waals surface area contributed by atoms with Crippen LogP contribution < -0.4 is 10.6 Å². The summed E-state index contributed by atoms with van der Waals surface area (Å²) in [6.07, 6.45) is 0. The second kappa shape index (κ2) is 4.46. The van der Waals surface area contributed by atoms with E-state index in [4.69, 9.17) is 5.11 Å². The molecule has 2 rings (SSSR count). The molecule has 0 bridgehead atoms. The van der Waals surface area contributed by atoms with Crippen LogP contribution in [0.4, 0.5) is 11.4 Å². The van der Waals surface area contributed by atoms with Gasteiger partial charge in [0.1, 0.15) is 0 Å². The normalized spacial score (nSPS) is 13.5. The fraction of sp³-hybridized carbons (Fsp3) is 0.100.